The second-order valence-electron chi connectivity index (χ2n) is 10.7. The number of nitrogens with zero attached hydrogens (tertiary/aromatic N) is 2. The van der Waals surface area contributed by atoms with Crippen LogP contribution >= 0.6 is 22.6 Å². The molecule has 8 heteroatoms. The van der Waals surface area contributed by atoms with E-state index in [1.807, 2.05) is 78.9 Å². The molecule has 0 radical (unpaired) electrons. The van der Waals surface area contributed by atoms with E-state index in [2.05, 4.69) is 51.8 Å². The van der Waals surface area contributed by atoms with Gasteiger partial charge in [0.1, 0.15) is 17.3 Å². The number of rotatable bonds is 8. The van der Waals surface area contributed by atoms with Crippen LogP contribution < -0.4 is 9.47 Å². The quantitative estimate of drug-likeness (QED) is 0.159. The number of halogens is 1. The number of aromatic nitrogens is 1. The highest BCUT2D eigenvalue weighted by molar-refractivity contribution is 14.1. The molecule has 0 bridgehead atoms. The fourth-order valence-electron chi connectivity index (χ4n) is 5.93. The largest absolute Gasteiger partial charge is 0.497 e. The van der Waals surface area contributed by atoms with E-state index >= 15 is 0 Å². The van der Waals surface area contributed by atoms with Gasteiger partial charge in [0.15, 0.2) is 12.4 Å². The number of benzene rings is 4. The molecular formula is C37H28IN3O4. The number of aliphatic imine (C=N–C) groups is 2. The Morgan fingerprint density at radius 3 is 2.27 bits per heavy atom. The Labute approximate surface area is 274 Å². The number of carboxylic acid groups (broad SMARTS) is 1. The zero-order valence-corrected chi connectivity index (χ0v) is 26.5. The number of amidine groups is 1. The van der Waals surface area contributed by atoms with Gasteiger partial charge in [0.2, 0.25) is 0 Å². The predicted octanol–water partition coefficient (Wildman–Crippen LogP) is 8.30. The van der Waals surface area contributed by atoms with Crippen LogP contribution in [0.4, 0.5) is 5.82 Å². The molecule has 45 heavy (non-hydrogen) atoms. The van der Waals surface area contributed by atoms with Crippen molar-refractivity contribution in [3.8, 4) is 33.9 Å². The van der Waals surface area contributed by atoms with Gasteiger partial charge in [-0.1, -0.05) is 60.7 Å². The van der Waals surface area contributed by atoms with Crippen molar-refractivity contribution in [3.05, 3.63) is 129 Å². The molecule has 1 aliphatic carbocycles. The highest BCUT2D eigenvalue weighted by atomic mass is 127. The normalized spacial score (nSPS) is 14.6. The Bertz CT molecular complexity index is 2010. The maximum atomic E-state index is 11.0. The first-order valence-corrected chi connectivity index (χ1v) is 15.6. The molecule has 2 heterocycles. The number of hydrogen-bond donors (Lipinski definition) is 2. The van der Waals surface area contributed by atoms with Crippen molar-refractivity contribution >= 4 is 51.5 Å². The lowest BCUT2D eigenvalue weighted by Crippen LogP contribution is -2.10. The number of ether oxygens (including phenoxy) is 2. The maximum absolute atomic E-state index is 11.0. The van der Waals surface area contributed by atoms with Crippen molar-refractivity contribution in [1.82, 2.24) is 4.98 Å². The topological polar surface area (TPSA) is 96.3 Å². The highest BCUT2D eigenvalue weighted by Gasteiger charge is 2.29. The third-order valence-corrected chi connectivity index (χ3v) is 9.06. The summed E-state index contributed by atoms with van der Waals surface area (Å²) in [5, 5.41) is 9.05. The second kappa shape index (κ2) is 12.2. The van der Waals surface area contributed by atoms with E-state index in [0.717, 1.165) is 78.3 Å². The van der Waals surface area contributed by atoms with Gasteiger partial charge in [-0.15, -0.1) is 0 Å². The van der Waals surface area contributed by atoms with Crippen LogP contribution in [0.5, 0.6) is 11.5 Å². The molecule has 1 aromatic heterocycles. The average molecular weight is 706 g/mol. The van der Waals surface area contributed by atoms with Crippen LogP contribution in [0.3, 0.4) is 0 Å². The predicted molar refractivity (Wildman–Crippen MR) is 186 cm³/mol. The van der Waals surface area contributed by atoms with Gasteiger partial charge in [0.25, 0.3) is 0 Å². The monoisotopic (exact) mass is 705 g/mol. The number of H-pyrrole nitrogens is 1. The van der Waals surface area contributed by atoms with Gasteiger partial charge in [-0.05, 0) is 100 Å². The molecular weight excluding hydrogens is 677 g/mol. The first-order chi connectivity index (χ1) is 22.0. The molecule has 222 valence electrons. The van der Waals surface area contributed by atoms with Crippen LogP contribution in [-0.2, 0) is 17.6 Å². The number of nitrogens with one attached hydrogen (secondary N) is 1. The Balaban J connectivity index is 1.39. The van der Waals surface area contributed by atoms with Crippen molar-refractivity contribution in [2.24, 2.45) is 9.98 Å². The molecule has 0 fully saturated rings. The number of methoxy groups -OCH3 is 1. The van der Waals surface area contributed by atoms with Crippen molar-refractivity contribution in [2.45, 2.75) is 12.8 Å². The SMILES string of the molecule is COc1ccc(C2=N/C(=N\c3[nH]c4c(c3-c3ccccc3)CCc3cc(OCC(=O)O)ccc3-4)C(c3ccccc3)=C2I)cc1. The molecule has 0 saturated carbocycles. The Morgan fingerprint density at radius 2 is 1.58 bits per heavy atom. The summed E-state index contributed by atoms with van der Waals surface area (Å²) in [4.78, 5) is 25.2. The number of allylic oxidation sites excluding steroid dienone is 1. The summed E-state index contributed by atoms with van der Waals surface area (Å²) in [6.07, 6.45) is 1.60. The van der Waals surface area contributed by atoms with Crippen LogP contribution in [0, 0.1) is 0 Å². The molecule has 5 aromatic rings. The molecule has 0 saturated heterocycles. The fourth-order valence-corrected chi connectivity index (χ4v) is 6.92. The number of fused-ring (bicyclic) bond motifs is 3. The Morgan fingerprint density at radius 1 is 0.889 bits per heavy atom. The van der Waals surface area contributed by atoms with Crippen LogP contribution in [-0.4, -0.2) is 41.3 Å². The van der Waals surface area contributed by atoms with Crippen molar-refractivity contribution in [3.63, 3.8) is 0 Å². The van der Waals surface area contributed by atoms with Gasteiger partial charge in [-0.25, -0.2) is 14.8 Å². The molecule has 0 unspecified atom stereocenters. The van der Waals surface area contributed by atoms with Crippen LogP contribution in [0.25, 0.3) is 28.0 Å². The van der Waals surface area contributed by atoms with E-state index in [0.29, 0.717) is 11.6 Å². The molecule has 7 nitrogen and oxygen atoms in total. The third kappa shape index (κ3) is 5.57. The molecule has 1 aliphatic heterocycles. The molecule has 2 N–H and O–H groups in total. The van der Waals surface area contributed by atoms with Gasteiger partial charge in [0.05, 0.1) is 22.1 Å². The van der Waals surface area contributed by atoms with Gasteiger partial charge < -0.3 is 19.6 Å². The number of aliphatic carboxylic acids is 1. The Kier molecular flexibility index (Phi) is 7.81. The summed E-state index contributed by atoms with van der Waals surface area (Å²) >= 11 is 2.39. The Hall–Kier alpha value is -4.96. The summed E-state index contributed by atoms with van der Waals surface area (Å²) < 4.78 is 11.9. The van der Waals surface area contributed by atoms with Crippen LogP contribution in [0.1, 0.15) is 22.3 Å². The van der Waals surface area contributed by atoms with E-state index in [1.54, 1.807) is 7.11 Å². The summed E-state index contributed by atoms with van der Waals surface area (Å²) in [6, 6.07) is 34.3. The summed E-state index contributed by atoms with van der Waals surface area (Å²) in [7, 11) is 1.66. The fraction of sp³-hybridized carbons (Fsp3) is 0.108. The summed E-state index contributed by atoms with van der Waals surface area (Å²) in [6.45, 7) is -0.374. The molecule has 2 aliphatic rings. The first kappa shape index (κ1) is 28.8. The zero-order chi connectivity index (χ0) is 30.9. The molecule has 7 rings (SSSR count). The maximum Gasteiger partial charge on any atom is 0.341 e. The minimum absolute atomic E-state index is 0.374. The van der Waals surface area contributed by atoms with E-state index in [4.69, 9.17) is 24.6 Å². The number of aromatic amines is 1. The van der Waals surface area contributed by atoms with Gasteiger partial charge in [-0.3, -0.25) is 0 Å². The lowest BCUT2D eigenvalue weighted by atomic mass is 9.87. The molecule has 0 spiro atoms. The van der Waals surface area contributed by atoms with E-state index in [9.17, 15) is 4.79 Å². The lowest BCUT2D eigenvalue weighted by molar-refractivity contribution is -0.139. The first-order valence-electron chi connectivity index (χ1n) is 14.6. The minimum Gasteiger partial charge on any atom is -0.497 e. The van der Waals surface area contributed by atoms with Crippen LogP contribution in [0.15, 0.2) is 117 Å². The van der Waals surface area contributed by atoms with E-state index in [-0.39, 0.29) is 6.61 Å². The van der Waals surface area contributed by atoms with Crippen molar-refractivity contribution in [2.75, 3.05) is 13.7 Å². The summed E-state index contributed by atoms with van der Waals surface area (Å²) in [5.41, 5.74) is 10.4. The standard InChI is InChI=1S/C37H28IN3O4/c1-44-26-15-12-24(13-16-26)34-33(38)32(23-10-6-3-7-11-23)37(39-34)41-36-31(22-8-4-2-5-9-22)29-18-14-25-20-27(45-21-30(42)43)17-19-28(25)35(29)40-36/h2-13,15-17,19-20,40H,14,18,21H2,1H3,(H,42,43)/b41-37-. The highest BCUT2D eigenvalue weighted by Crippen LogP contribution is 2.46. The zero-order valence-electron chi connectivity index (χ0n) is 24.4. The second-order valence-corrected chi connectivity index (χ2v) is 11.8. The van der Waals surface area contributed by atoms with Crippen molar-refractivity contribution < 1.29 is 19.4 Å². The number of aryl methyl sites for hydroxylation is 1. The molecule has 0 amide bonds. The third-order valence-electron chi connectivity index (χ3n) is 8.01. The van der Waals surface area contributed by atoms with E-state index < -0.39 is 5.97 Å². The van der Waals surface area contributed by atoms with Gasteiger partial charge in [-0.2, -0.15) is 0 Å². The number of carboxylic acids is 1. The van der Waals surface area contributed by atoms with Crippen LogP contribution in [0.2, 0.25) is 0 Å². The van der Waals surface area contributed by atoms with Gasteiger partial charge in [0, 0.05) is 22.3 Å². The van der Waals surface area contributed by atoms with Crippen molar-refractivity contribution in [1.29, 1.82) is 0 Å². The van der Waals surface area contributed by atoms with E-state index in [1.165, 1.54) is 5.56 Å². The molecule has 0 atom stereocenters. The number of hydrogen-bond acceptors (Lipinski definition) is 4. The molecule has 4 aromatic carbocycles. The summed E-state index contributed by atoms with van der Waals surface area (Å²) in [5.74, 6) is 1.73. The smallest absolute Gasteiger partial charge is 0.341 e. The minimum atomic E-state index is -1.00. The number of carbonyl (C=O) groups is 1. The lowest BCUT2D eigenvalue weighted by Gasteiger charge is -2.18. The average Bonchev–Trinajstić information content (AvgIpc) is 3.61. The van der Waals surface area contributed by atoms with Gasteiger partial charge >= 0.3 is 5.97 Å².